The molecule has 5 N–H and O–H groups in total. The topological polar surface area (TPSA) is 130 Å². The predicted octanol–water partition coefficient (Wildman–Crippen LogP) is -2.15. The van der Waals surface area contributed by atoms with E-state index < -0.39 is 11.9 Å². The van der Waals surface area contributed by atoms with Crippen molar-refractivity contribution in [2.75, 3.05) is 13.1 Å². The van der Waals surface area contributed by atoms with Gasteiger partial charge >= 0.3 is 11.9 Å². The predicted molar refractivity (Wildman–Crippen MR) is 38.4 cm³/mol. The van der Waals surface area contributed by atoms with Gasteiger partial charge in [-0.1, -0.05) is 0 Å². The van der Waals surface area contributed by atoms with Crippen molar-refractivity contribution in [2.45, 2.75) is 0 Å². The van der Waals surface area contributed by atoms with Gasteiger partial charge in [0, 0.05) is 0 Å². The molecule has 0 rings (SSSR count). The molecule has 12 heavy (non-hydrogen) atoms. The molecule has 1 amide bonds. The summed E-state index contributed by atoms with van der Waals surface area (Å²) < 4.78 is 0. The first kappa shape index (κ1) is 13.0. The number of carbonyl (C=O) groups excluding carboxylic acids is 1. The molecule has 0 unspecified atom stereocenters. The third-order valence-corrected chi connectivity index (χ3v) is 0.511. The minimum absolute atomic E-state index is 0.278. The highest BCUT2D eigenvalue weighted by molar-refractivity contribution is 5.71. The number of aliphatic carboxylic acids is 2. The Morgan fingerprint density at radius 2 is 1.75 bits per heavy atom. The standard InChI is InChI=1S/C3H5NO3.C2H5NO2/c5-2-4-1-3(6)7;3-1-2(4)5/h2H,1H2,(H,4,5)(H,6,7);1,3H2,(H,4,5). The van der Waals surface area contributed by atoms with Crippen LogP contribution >= 0.6 is 0 Å². The Hall–Kier alpha value is -1.63. The van der Waals surface area contributed by atoms with E-state index >= 15 is 0 Å². The minimum atomic E-state index is -1.04. The molecule has 7 heteroatoms. The Morgan fingerprint density at radius 3 is 1.83 bits per heavy atom. The van der Waals surface area contributed by atoms with E-state index in [1.165, 1.54) is 0 Å². The summed E-state index contributed by atoms with van der Waals surface area (Å²) in [5.41, 5.74) is 4.57. The zero-order chi connectivity index (χ0) is 9.98. The third kappa shape index (κ3) is 23.8. The highest BCUT2D eigenvalue weighted by Gasteiger charge is 1.88. The lowest BCUT2D eigenvalue weighted by atomic mass is 10.7. The highest BCUT2D eigenvalue weighted by Crippen LogP contribution is 1.51. The van der Waals surface area contributed by atoms with E-state index in [4.69, 9.17) is 10.2 Å². The molecule has 0 atom stereocenters. The normalized spacial score (nSPS) is 7.42. The van der Waals surface area contributed by atoms with Crippen LogP contribution in [0, 0.1) is 0 Å². The molecule has 0 saturated carbocycles. The number of nitrogens with two attached hydrogens (primary N) is 1. The molecular formula is C5H10N2O5. The van der Waals surface area contributed by atoms with Crippen LogP contribution in [0.5, 0.6) is 0 Å². The molecule has 0 aromatic carbocycles. The third-order valence-electron chi connectivity index (χ3n) is 0.511. The van der Waals surface area contributed by atoms with Gasteiger partial charge in [-0.3, -0.25) is 14.4 Å². The van der Waals surface area contributed by atoms with E-state index in [1.54, 1.807) is 0 Å². The first-order valence-electron chi connectivity index (χ1n) is 2.85. The highest BCUT2D eigenvalue weighted by atomic mass is 16.4. The largest absolute Gasteiger partial charge is 0.480 e. The maximum Gasteiger partial charge on any atom is 0.322 e. The second-order valence-electron chi connectivity index (χ2n) is 1.49. The Kier molecular flexibility index (Phi) is 10.1. The molecule has 0 fully saturated rings. The van der Waals surface area contributed by atoms with Gasteiger partial charge in [-0.2, -0.15) is 0 Å². The fourth-order valence-corrected chi connectivity index (χ4v) is 0.129. The molecule has 0 aliphatic heterocycles. The van der Waals surface area contributed by atoms with Crippen molar-refractivity contribution in [3.8, 4) is 0 Å². The number of carboxylic acid groups (broad SMARTS) is 2. The van der Waals surface area contributed by atoms with Crippen LogP contribution in [-0.4, -0.2) is 41.7 Å². The fourth-order valence-electron chi connectivity index (χ4n) is 0.129. The monoisotopic (exact) mass is 178 g/mol. The summed E-state index contributed by atoms with van der Waals surface area (Å²) >= 11 is 0. The lowest BCUT2D eigenvalue weighted by molar-refractivity contribution is -0.137. The van der Waals surface area contributed by atoms with Crippen LogP contribution in [0.2, 0.25) is 0 Å². The number of carboxylic acids is 2. The number of amides is 1. The summed E-state index contributed by atoms with van der Waals surface area (Å²) in [6.07, 6.45) is 0.341. The van der Waals surface area contributed by atoms with Crippen molar-refractivity contribution in [1.82, 2.24) is 5.32 Å². The first-order valence-corrected chi connectivity index (χ1v) is 2.85. The average molecular weight is 178 g/mol. The van der Waals surface area contributed by atoms with E-state index in [9.17, 15) is 14.4 Å². The molecule has 0 aromatic rings. The van der Waals surface area contributed by atoms with Gasteiger partial charge in [0.25, 0.3) is 0 Å². The van der Waals surface area contributed by atoms with E-state index in [0.717, 1.165) is 0 Å². The summed E-state index contributed by atoms with van der Waals surface area (Å²) in [5, 5.41) is 17.4. The molecule has 70 valence electrons. The van der Waals surface area contributed by atoms with Gasteiger partial charge in [0.1, 0.15) is 6.54 Å². The van der Waals surface area contributed by atoms with Gasteiger partial charge in [0.05, 0.1) is 6.54 Å². The number of nitrogens with one attached hydrogen (secondary N) is 1. The number of rotatable bonds is 4. The number of hydrogen-bond acceptors (Lipinski definition) is 4. The molecule has 0 aromatic heterocycles. The van der Waals surface area contributed by atoms with Crippen LogP contribution in [0.4, 0.5) is 0 Å². The van der Waals surface area contributed by atoms with Crippen LogP contribution in [0.15, 0.2) is 0 Å². The molecule has 0 aliphatic carbocycles. The first-order chi connectivity index (χ1) is 5.54. The molecule has 0 radical (unpaired) electrons. The van der Waals surface area contributed by atoms with Crippen molar-refractivity contribution in [2.24, 2.45) is 5.73 Å². The van der Waals surface area contributed by atoms with Crippen molar-refractivity contribution in [1.29, 1.82) is 0 Å². The number of carbonyl (C=O) groups is 3. The van der Waals surface area contributed by atoms with Crippen LogP contribution in [0.3, 0.4) is 0 Å². The van der Waals surface area contributed by atoms with Gasteiger partial charge in [-0.15, -0.1) is 0 Å². The second-order valence-corrected chi connectivity index (χ2v) is 1.49. The zero-order valence-electron chi connectivity index (χ0n) is 6.19. The van der Waals surface area contributed by atoms with E-state index in [0.29, 0.717) is 6.41 Å². The summed E-state index contributed by atoms with van der Waals surface area (Å²) in [6.45, 7) is -0.580. The lowest BCUT2D eigenvalue weighted by Gasteiger charge is -1.85. The molecular weight excluding hydrogens is 168 g/mol. The van der Waals surface area contributed by atoms with Gasteiger partial charge in [0.15, 0.2) is 0 Å². The zero-order valence-corrected chi connectivity index (χ0v) is 6.19. The Labute approximate surface area is 68.2 Å². The lowest BCUT2D eigenvalue weighted by Crippen LogP contribution is -2.20. The molecule has 0 heterocycles. The summed E-state index contributed by atoms with van der Waals surface area (Å²) in [4.78, 5) is 28.1. The van der Waals surface area contributed by atoms with Crippen LogP contribution in [0.25, 0.3) is 0 Å². The van der Waals surface area contributed by atoms with Crippen LogP contribution in [-0.2, 0) is 14.4 Å². The minimum Gasteiger partial charge on any atom is -0.480 e. The van der Waals surface area contributed by atoms with Gasteiger partial charge in [-0.05, 0) is 0 Å². The van der Waals surface area contributed by atoms with Gasteiger partial charge < -0.3 is 21.3 Å². The van der Waals surface area contributed by atoms with E-state index in [-0.39, 0.29) is 13.1 Å². The maximum atomic E-state index is 9.54. The Bertz CT molecular complexity index is 158. The summed E-state index contributed by atoms with van der Waals surface area (Å²) in [7, 11) is 0. The van der Waals surface area contributed by atoms with Crippen LogP contribution < -0.4 is 11.1 Å². The van der Waals surface area contributed by atoms with Crippen molar-refractivity contribution in [3.63, 3.8) is 0 Å². The number of hydrogen-bond donors (Lipinski definition) is 4. The SMILES string of the molecule is NCC(=O)O.O=CNCC(=O)O. The summed E-state index contributed by atoms with van der Waals surface area (Å²) in [6, 6.07) is 0. The van der Waals surface area contributed by atoms with Crippen molar-refractivity contribution >= 4 is 18.3 Å². The summed E-state index contributed by atoms with van der Waals surface area (Å²) in [5.74, 6) is -2.00. The quantitative estimate of drug-likeness (QED) is 0.363. The van der Waals surface area contributed by atoms with Crippen molar-refractivity contribution in [3.05, 3.63) is 0 Å². The smallest absolute Gasteiger partial charge is 0.322 e. The molecule has 0 aliphatic rings. The second kappa shape index (κ2) is 9.37. The molecule has 7 nitrogen and oxygen atoms in total. The van der Waals surface area contributed by atoms with Gasteiger partial charge in [0.2, 0.25) is 6.41 Å². The average Bonchev–Trinajstić information content (AvgIpc) is 2.02. The molecule has 0 bridgehead atoms. The van der Waals surface area contributed by atoms with Crippen LogP contribution in [0.1, 0.15) is 0 Å². The molecule has 0 spiro atoms. The van der Waals surface area contributed by atoms with Gasteiger partial charge in [-0.25, -0.2) is 0 Å². The fraction of sp³-hybridized carbons (Fsp3) is 0.400. The van der Waals surface area contributed by atoms with E-state index in [2.05, 4.69) is 5.73 Å². The Balaban J connectivity index is 0. The van der Waals surface area contributed by atoms with E-state index in [1.807, 2.05) is 5.32 Å². The maximum absolute atomic E-state index is 9.54. The van der Waals surface area contributed by atoms with Crippen molar-refractivity contribution < 1.29 is 24.6 Å². The Morgan fingerprint density at radius 1 is 1.33 bits per heavy atom. The molecule has 0 saturated heterocycles.